The molecule has 2 N–H and O–H groups in total. The normalized spacial score (nSPS) is 15.9. The Morgan fingerprint density at radius 2 is 1.93 bits per heavy atom. The molecule has 0 saturated carbocycles. The summed E-state index contributed by atoms with van der Waals surface area (Å²) in [6.45, 7) is 1.99. The maximum absolute atomic E-state index is 12.7. The second-order valence-corrected chi connectivity index (χ2v) is 6.59. The number of halogens is 1. The van der Waals surface area contributed by atoms with Gasteiger partial charge in [-0.05, 0) is 42.8 Å². The minimum atomic E-state index is -1.22. The largest absolute Gasteiger partial charge is 0.479 e. The van der Waals surface area contributed by atoms with Crippen LogP contribution in [0.1, 0.15) is 12.5 Å². The molecule has 1 unspecified atom stereocenters. The number of carboxylic acid groups (broad SMARTS) is 1. The third-order valence-electron chi connectivity index (χ3n) is 4.07. The molecule has 0 aromatic heterocycles. The number of anilines is 2. The number of hydrogen-bond acceptors (Lipinski definition) is 4. The third kappa shape index (κ3) is 4.50. The van der Waals surface area contributed by atoms with E-state index in [1.807, 2.05) is 12.1 Å². The lowest BCUT2D eigenvalue weighted by molar-refractivity contribution is -0.131. The van der Waals surface area contributed by atoms with Gasteiger partial charge in [0.15, 0.2) is 6.10 Å². The predicted octanol–water partition coefficient (Wildman–Crippen LogP) is 3.23. The molecule has 2 aromatic carbocycles. The van der Waals surface area contributed by atoms with Gasteiger partial charge in [0.2, 0.25) is 5.91 Å². The second-order valence-electron chi connectivity index (χ2n) is 6.15. The molecule has 1 atom stereocenters. The molecular weight excluding hydrogens is 384 g/mol. The lowest BCUT2D eigenvalue weighted by Crippen LogP contribution is -2.44. The van der Waals surface area contributed by atoms with E-state index < -0.39 is 18.0 Å². The summed E-state index contributed by atoms with van der Waals surface area (Å²) in [5.74, 6) is -1.51. The zero-order chi connectivity index (χ0) is 20.3. The first-order chi connectivity index (χ1) is 13.3. The number of amides is 2. The molecule has 0 spiro atoms. The predicted molar refractivity (Wildman–Crippen MR) is 105 cm³/mol. The first-order valence-electron chi connectivity index (χ1n) is 8.42. The van der Waals surface area contributed by atoms with Crippen LogP contribution in [0.2, 0.25) is 5.02 Å². The molecule has 0 saturated heterocycles. The molecular formula is C20H17ClN2O5. The van der Waals surface area contributed by atoms with Crippen LogP contribution in [-0.2, 0) is 20.9 Å². The van der Waals surface area contributed by atoms with E-state index >= 15 is 0 Å². The fourth-order valence-corrected chi connectivity index (χ4v) is 2.88. The number of benzene rings is 2. The molecule has 0 fully saturated rings. The monoisotopic (exact) mass is 400 g/mol. The Morgan fingerprint density at radius 1 is 1.21 bits per heavy atom. The van der Waals surface area contributed by atoms with Gasteiger partial charge in [0, 0.05) is 22.9 Å². The van der Waals surface area contributed by atoms with Crippen LogP contribution in [0.4, 0.5) is 11.4 Å². The summed E-state index contributed by atoms with van der Waals surface area (Å²) >= 11 is 5.92. The minimum absolute atomic E-state index is 0.211. The number of nitrogens with zero attached hydrogens (tertiary/aromatic N) is 1. The second kappa shape index (κ2) is 8.14. The van der Waals surface area contributed by atoms with E-state index in [0.717, 1.165) is 17.7 Å². The highest BCUT2D eigenvalue weighted by Gasteiger charge is 2.31. The van der Waals surface area contributed by atoms with Crippen molar-refractivity contribution in [1.29, 1.82) is 0 Å². The molecule has 7 nitrogen and oxygen atoms in total. The summed E-state index contributed by atoms with van der Waals surface area (Å²) in [5.41, 5.74) is 1.81. The molecule has 1 aliphatic rings. The van der Waals surface area contributed by atoms with Crippen molar-refractivity contribution >= 4 is 40.8 Å². The summed E-state index contributed by atoms with van der Waals surface area (Å²) < 4.78 is 5.65. The summed E-state index contributed by atoms with van der Waals surface area (Å²) in [6, 6.07) is 12.0. The molecule has 0 bridgehead atoms. The van der Waals surface area contributed by atoms with E-state index in [4.69, 9.17) is 21.4 Å². The number of rotatable bonds is 5. The van der Waals surface area contributed by atoms with Gasteiger partial charge in [-0.3, -0.25) is 9.59 Å². The Morgan fingerprint density at radius 3 is 2.61 bits per heavy atom. The van der Waals surface area contributed by atoms with Crippen molar-refractivity contribution < 1.29 is 24.2 Å². The van der Waals surface area contributed by atoms with Crippen molar-refractivity contribution in [2.24, 2.45) is 0 Å². The van der Waals surface area contributed by atoms with Crippen LogP contribution in [-0.4, -0.2) is 29.0 Å². The van der Waals surface area contributed by atoms with Gasteiger partial charge in [-0.25, -0.2) is 4.79 Å². The van der Waals surface area contributed by atoms with E-state index in [0.29, 0.717) is 28.7 Å². The number of ether oxygens (including phenoxy) is 1. The van der Waals surface area contributed by atoms with Crippen LogP contribution < -0.4 is 15.0 Å². The van der Waals surface area contributed by atoms with Crippen molar-refractivity contribution in [2.45, 2.75) is 19.6 Å². The molecule has 0 aliphatic carbocycles. The molecule has 8 heteroatoms. The zero-order valence-electron chi connectivity index (χ0n) is 14.9. The smallest absolute Gasteiger partial charge is 0.328 e. The molecule has 28 heavy (non-hydrogen) atoms. The number of aliphatic carboxylic acids is 1. The number of nitrogens with one attached hydrogen (secondary N) is 1. The molecule has 2 amide bonds. The van der Waals surface area contributed by atoms with Crippen molar-refractivity contribution in [1.82, 2.24) is 0 Å². The number of hydrogen-bond donors (Lipinski definition) is 2. The van der Waals surface area contributed by atoms with Gasteiger partial charge in [-0.2, -0.15) is 0 Å². The van der Waals surface area contributed by atoms with Crippen molar-refractivity contribution in [3.05, 3.63) is 65.2 Å². The maximum Gasteiger partial charge on any atom is 0.328 e. The molecule has 3 rings (SSSR count). The Hall–Kier alpha value is -3.32. The average Bonchev–Trinajstić information content (AvgIpc) is 2.66. The summed E-state index contributed by atoms with van der Waals surface area (Å²) in [5, 5.41) is 11.8. The molecule has 1 aliphatic heterocycles. The van der Waals surface area contributed by atoms with Gasteiger partial charge < -0.3 is 20.1 Å². The van der Waals surface area contributed by atoms with Crippen LogP contribution in [0.3, 0.4) is 0 Å². The molecule has 144 valence electrons. The van der Waals surface area contributed by atoms with Gasteiger partial charge in [0.1, 0.15) is 5.75 Å². The van der Waals surface area contributed by atoms with Gasteiger partial charge in [-0.1, -0.05) is 23.7 Å². The van der Waals surface area contributed by atoms with E-state index in [-0.39, 0.29) is 5.91 Å². The molecule has 0 radical (unpaired) electrons. The van der Waals surface area contributed by atoms with Crippen LogP contribution >= 0.6 is 11.6 Å². The summed E-state index contributed by atoms with van der Waals surface area (Å²) in [7, 11) is 0. The lowest BCUT2D eigenvalue weighted by atomic mass is 10.1. The number of fused-ring (bicyclic) bond motifs is 1. The fourth-order valence-electron chi connectivity index (χ4n) is 2.75. The quantitative estimate of drug-likeness (QED) is 0.751. The Balaban J connectivity index is 1.88. The van der Waals surface area contributed by atoms with Crippen LogP contribution in [0, 0.1) is 0 Å². The molecule has 1 heterocycles. The van der Waals surface area contributed by atoms with Crippen molar-refractivity contribution in [3.8, 4) is 5.75 Å². The molecule has 2 aromatic rings. The SMILES string of the molecule is CC1Oc2ccc(NC(=O)/C=C/C(=O)O)cc2N(Cc2ccc(Cl)cc2)C1=O. The van der Waals surface area contributed by atoms with Crippen molar-refractivity contribution in [3.63, 3.8) is 0 Å². The van der Waals surface area contributed by atoms with E-state index in [9.17, 15) is 14.4 Å². The fraction of sp³-hybridized carbons (Fsp3) is 0.150. The third-order valence-corrected chi connectivity index (χ3v) is 4.32. The Bertz CT molecular complexity index is 956. The average molecular weight is 401 g/mol. The van der Waals surface area contributed by atoms with Crippen molar-refractivity contribution in [2.75, 3.05) is 10.2 Å². The van der Waals surface area contributed by atoms with Gasteiger partial charge in [0.05, 0.1) is 12.2 Å². The van der Waals surface area contributed by atoms with Crippen LogP contribution in [0.25, 0.3) is 0 Å². The van der Waals surface area contributed by atoms with Gasteiger partial charge in [0.25, 0.3) is 5.91 Å². The highest BCUT2D eigenvalue weighted by molar-refractivity contribution is 6.30. The summed E-state index contributed by atoms with van der Waals surface area (Å²) in [6.07, 6.45) is 1.02. The van der Waals surface area contributed by atoms with Gasteiger partial charge in [-0.15, -0.1) is 0 Å². The summed E-state index contributed by atoms with van der Waals surface area (Å²) in [4.78, 5) is 36.6. The van der Waals surface area contributed by atoms with Gasteiger partial charge >= 0.3 is 5.97 Å². The lowest BCUT2D eigenvalue weighted by Gasteiger charge is -2.33. The topological polar surface area (TPSA) is 95.9 Å². The Kier molecular flexibility index (Phi) is 5.65. The number of carboxylic acids is 1. The highest BCUT2D eigenvalue weighted by Crippen LogP contribution is 2.37. The van der Waals surface area contributed by atoms with Crippen LogP contribution in [0.15, 0.2) is 54.6 Å². The zero-order valence-corrected chi connectivity index (χ0v) is 15.6. The number of carbonyl (C=O) groups is 3. The maximum atomic E-state index is 12.7. The standard InChI is InChI=1S/C20H17ClN2O5/c1-12-20(27)23(11-13-2-4-14(21)5-3-13)16-10-15(6-7-17(16)28-12)22-18(24)8-9-19(25)26/h2-10,12H,11H2,1H3,(H,22,24)(H,25,26)/b9-8+. The Labute approximate surface area is 166 Å². The van der Waals surface area contributed by atoms with E-state index in [1.54, 1.807) is 42.2 Å². The minimum Gasteiger partial charge on any atom is -0.479 e. The van der Waals surface area contributed by atoms with E-state index in [2.05, 4.69) is 5.32 Å². The first kappa shape index (κ1) is 19.4. The van der Waals surface area contributed by atoms with E-state index in [1.165, 1.54) is 0 Å². The first-order valence-corrected chi connectivity index (χ1v) is 8.80. The number of carbonyl (C=O) groups excluding carboxylic acids is 2. The highest BCUT2D eigenvalue weighted by atomic mass is 35.5. The van der Waals surface area contributed by atoms with Crippen LogP contribution in [0.5, 0.6) is 5.75 Å².